The van der Waals surface area contributed by atoms with Gasteiger partial charge in [-0.3, -0.25) is 9.69 Å². The highest BCUT2D eigenvalue weighted by atomic mass is 16.2. The van der Waals surface area contributed by atoms with E-state index in [2.05, 4.69) is 16.8 Å². The molecule has 0 radical (unpaired) electrons. The zero-order valence-corrected chi connectivity index (χ0v) is 12.3. The van der Waals surface area contributed by atoms with Gasteiger partial charge in [0.15, 0.2) is 5.78 Å². The molecule has 0 atom stereocenters. The van der Waals surface area contributed by atoms with Crippen molar-refractivity contribution in [3.63, 3.8) is 0 Å². The second kappa shape index (κ2) is 7.04. The lowest BCUT2D eigenvalue weighted by atomic mass is 10.1. The van der Waals surface area contributed by atoms with Gasteiger partial charge in [-0.25, -0.2) is 4.79 Å². The van der Waals surface area contributed by atoms with Gasteiger partial charge in [-0.15, -0.1) is 6.58 Å². The van der Waals surface area contributed by atoms with Crippen LogP contribution in [-0.4, -0.2) is 54.3 Å². The van der Waals surface area contributed by atoms with Crippen LogP contribution in [0, 0.1) is 0 Å². The third kappa shape index (κ3) is 4.16. The number of rotatable bonds is 4. The van der Waals surface area contributed by atoms with E-state index in [1.165, 1.54) is 6.92 Å². The monoisotopic (exact) mass is 287 g/mol. The number of amides is 2. The van der Waals surface area contributed by atoms with Crippen molar-refractivity contribution in [2.45, 2.75) is 6.92 Å². The van der Waals surface area contributed by atoms with E-state index in [1.54, 1.807) is 29.2 Å². The Morgan fingerprint density at radius 2 is 1.81 bits per heavy atom. The molecule has 1 fully saturated rings. The number of urea groups is 1. The fourth-order valence-electron chi connectivity index (χ4n) is 2.31. The van der Waals surface area contributed by atoms with Gasteiger partial charge in [-0.2, -0.15) is 0 Å². The molecule has 1 heterocycles. The summed E-state index contributed by atoms with van der Waals surface area (Å²) in [5, 5.41) is 2.86. The van der Waals surface area contributed by atoms with E-state index in [1.807, 2.05) is 6.08 Å². The zero-order chi connectivity index (χ0) is 15.2. The van der Waals surface area contributed by atoms with Gasteiger partial charge in [0.05, 0.1) is 0 Å². The molecule has 0 bridgehead atoms. The van der Waals surface area contributed by atoms with Gasteiger partial charge < -0.3 is 10.2 Å². The van der Waals surface area contributed by atoms with E-state index < -0.39 is 0 Å². The van der Waals surface area contributed by atoms with Crippen molar-refractivity contribution in [2.75, 3.05) is 38.0 Å². The van der Waals surface area contributed by atoms with Gasteiger partial charge in [0.25, 0.3) is 0 Å². The van der Waals surface area contributed by atoms with Crippen LogP contribution in [0.5, 0.6) is 0 Å². The second-order valence-corrected chi connectivity index (χ2v) is 5.14. The summed E-state index contributed by atoms with van der Waals surface area (Å²) < 4.78 is 0. The van der Waals surface area contributed by atoms with Crippen LogP contribution < -0.4 is 5.32 Å². The van der Waals surface area contributed by atoms with Gasteiger partial charge in [0.2, 0.25) is 0 Å². The largest absolute Gasteiger partial charge is 0.322 e. The SMILES string of the molecule is C=CCN1CCN(C(=O)Nc2ccc(C(C)=O)cc2)CC1. The fourth-order valence-corrected chi connectivity index (χ4v) is 2.31. The smallest absolute Gasteiger partial charge is 0.321 e. The zero-order valence-electron chi connectivity index (χ0n) is 12.3. The van der Waals surface area contributed by atoms with Crippen LogP contribution in [0.2, 0.25) is 0 Å². The molecule has 5 nitrogen and oxygen atoms in total. The van der Waals surface area contributed by atoms with Crippen molar-refractivity contribution in [3.05, 3.63) is 42.5 Å². The molecule has 21 heavy (non-hydrogen) atoms. The maximum absolute atomic E-state index is 12.2. The summed E-state index contributed by atoms with van der Waals surface area (Å²) in [6, 6.07) is 6.86. The molecule has 1 aliphatic rings. The topological polar surface area (TPSA) is 52.6 Å². The van der Waals surface area contributed by atoms with Crippen molar-refractivity contribution in [2.24, 2.45) is 0 Å². The summed E-state index contributed by atoms with van der Waals surface area (Å²) in [6.07, 6.45) is 1.88. The number of carbonyl (C=O) groups excluding carboxylic acids is 2. The Morgan fingerprint density at radius 3 is 2.33 bits per heavy atom. The molecule has 1 aromatic carbocycles. The number of nitrogens with one attached hydrogen (secondary N) is 1. The molecular formula is C16H21N3O2. The molecule has 0 aromatic heterocycles. The lowest BCUT2D eigenvalue weighted by Crippen LogP contribution is -2.49. The van der Waals surface area contributed by atoms with E-state index in [0.717, 1.165) is 19.6 Å². The molecular weight excluding hydrogens is 266 g/mol. The number of piperazine rings is 1. The molecule has 1 N–H and O–H groups in total. The fraction of sp³-hybridized carbons (Fsp3) is 0.375. The summed E-state index contributed by atoms with van der Waals surface area (Å²) >= 11 is 0. The Morgan fingerprint density at radius 1 is 1.19 bits per heavy atom. The predicted molar refractivity (Wildman–Crippen MR) is 83.7 cm³/mol. The van der Waals surface area contributed by atoms with E-state index in [9.17, 15) is 9.59 Å². The Balaban J connectivity index is 1.87. The Hall–Kier alpha value is -2.14. The minimum absolute atomic E-state index is 0.0196. The molecule has 2 rings (SSSR count). The van der Waals surface area contributed by atoms with Crippen molar-refractivity contribution in [3.8, 4) is 0 Å². The summed E-state index contributed by atoms with van der Waals surface area (Å²) in [7, 11) is 0. The van der Waals surface area contributed by atoms with E-state index in [4.69, 9.17) is 0 Å². The maximum atomic E-state index is 12.2. The molecule has 0 unspecified atom stereocenters. The van der Waals surface area contributed by atoms with Crippen LogP contribution in [0.4, 0.5) is 10.5 Å². The van der Waals surface area contributed by atoms with Crippen LogP contribution in [0.25, 0.3) is 0 Å². The van der Waals surface area contributed by atoms with Gasteiger partial charge in [0.1, 0.15) is 0 Å². The molecule has 5 heteroatoms. The molecule has 0 spiro atoms. The quantitative estimate of drug-likeness (QED) is 0.682. The summed E-state index contributed by atoms with van der Waals surface area (Å²) in [5.74, 6) is 0.0196. The Bertz CT molecular complexity index is 517. The van der Waals surface area contributed by atoms with Gasteiger partial charge in [0, 0.05) is 44.0 Å². The number of ketones is 1. The van der Waals surface area contributed by atoms with Gasteiger partial charge >= 0.3 is 6.03 Å². The Labute approximate surface area is 125 Å². The highest BCUT2D eigenvalue weighted by molar-refractivity contribution is 5.95. The second-order valence-electron chi connectivity index (χ2n) is 5.14. The van der Waals surface area contributed by atoms with Crippen LogP contribution in [0.3, 0.4) is 0 Å². The van der Waals surface area contributed by atoms with Crippen molar-refractivity contribution < 1.29 is 9.59 Å². The molecule has 2 amide bonds. The van der Waals surface area contributed by atoms with E-state index >= 15 is 0 Å². The van der Waals surface area contributed by atoms with Crippen molar-refractivity contribution in [1.29, 1.82) is 0 Å². The first-order valence-electron chi connectivity index (χ1n) is 7.10. The summed E-state index contributed by atoms with van der Waals surface area (Å²) in [4.78, 5) is 27.4. The third-order valence-corrected chi connectivity index (χ3v) is 3.59. The standard InChI is InChI=1S/C16H21N3O2/c1-3-8-18-9-11-19(12-10-18)16(21)17-15-6-4-14(5-7-15)13(2)20/h3-7H,1,8-12H2,2H3,(H,17,21). The first kappa shape index (κ1) is 15.3. The van der Waals surface area contributed by atoms with E-state index in [-0.39, 0.29) is 11.8 Å². The molecule has 0 saturated carbocycles. The number of hydrogen-bond donors (Lipinski definition) is 1. The van der Waals surface area contributed by atoms with E-state index in [0.29, 0.717) is 24.3 Å². The first-order chi connectivity index (χ1) is 10.1. The number of Topliss-reactive ketones (excluding diaryl/α,β-unsaturated/α-hetero) is 1. The molecule has 1 aromatic rings. The van der Waals surface area contributed by atoms with Crippen molar-refractivity contribution >= 4 is 17.5 Å². The number of carbonyl (C=O) groups is 2. The number of hydrogen-bond acceptors (Lipinski definition) is 3. The maximum Gasteiger partial charge on any atom is 0.321 e. The van der Waals surface area contributed by atoms with Gasteiger partial charge in [-0.1, -0.05) is 6.08 Å². The third-order valence-electron chi connectivity index (χ3n) is 3.59. The Kier molecular flexibility index (Phi) is 5.11. The van der Waals surface area contributed by atoms with Crippen LogP contribution >= 0.6 is 0 Å². The lowest BCUT2D eigenvalue weighted by Gasteiger charge is -2.34. The van der Waals surface area contributed by atoms with Gasteiger partial charge in [-0.05, 0) is 31.2 Å². The molecule has 0 aliphatic carbocycles. The van der Waals surface area contributed by atoms with Crippen LogP contribution in [0.15, 0.2) is 36.9 Å². The van der Waals surface area contributed by atoms with Crippen molar-refractivity contribution in [1.82, 2.24) is 9.80 Å². The molecule has 1 saturated heterocycles. The summed E-state index contributed by atoms with van der Waals surface area (Å²) in [5.41, 5.74) is 1.35. The predicted octanol–water partition coefficient (Wildman–Crippen LogP) is 2.22. The lowest BCUT2D eigenvalue weighted by molar-refractivity contribution is 0.101. The highest BCUT2D eigenvalue weighted by Crippen LogP contribution is 2.12. The van der Waals surface area contributed by atoms with Crippen LogP contribution in [-0.2, 0) is 0 Å². The first-order valence-corrected chi connectivity index (χ1v) is 7.10. The number of benzene rings is 1. The number of nitrogens with zero attached hydrogens (tertiary/aromatic N) is 2. The average molecular weight is 287 g/mol. The molecule has 1 aliphatic heterocycles. The normalized spacial score (nSPS) is 15.6. The average Bonchev–Trinajstić information content (AvgIpc) is 2.49. The van der Waals surface area contributed by atoms with Crippen LogP contribution in [0.1, 0.15) is 17.3 Å². The highest BCUT2D eigenvalue weighted by Gasteiger charge is 2.20. The minimum atomic E-state index is -0.0937. The summed E-state index contributed by atoms with van der Waals surface area (Å²) in [6.45, 7) is 9.27. The molecule has 112 valence electrons. The minimum Gasteiger partial charge on any atom is -0.322 e. The number of anilines is 1.